The zero-order valence-electron chi connectivity index (χ0n) is 13.4. The molecule has 1 N–H and O–H groups in total. The number of nitrogens with one attached hydrogen (secondary N) is 1. The first-order chi connectivity index (χ1) is 11.9. The second kappa shape index (κ2) is 6.60. The van der Waals surface area contributed by atoms with E-state index < -0.39 is 18.0 Å². The number of fused-ring (bicyclic) bond motifs is 1. The maximum Gasteiger partial charge on any atom is 0.375 e. The number of hydrogen-bond acceptors (Lipinski definition) is 7. The number of anilines is 1. The van der Waals surface area contributed by atoms with Crippen molar-refractivity contribution in [3.63, 3.8) is 0 Å². The molecule has 2 aromatic heterocycles. The summed E-state index contributed by atoms with van der Waals surface area (Å²) in [6, 6.07) is 9.08. The summed E-state index contributed by atoms with van der Waals surface area (Å²) in [5.41, 5.74) is -0.110. The molecule has 0 spiro atoms. The first-order valence-electron chi connectivity index (χ1n) is 7.42. The van der Waals surface area contributed by atoms with Crippen molar-refractivity contribution in [2.75, 3.05) is 5.32 Å². The summed E-state index contributed by atoms with van der Waals surface area (Å²) < 4.78 is 15.2. The van der Waals surface area contributed by atoms with E-state index in [1.54, 1.807) is 31.2 Å². The minimum absolute atomic E-state index is 0.211. The molecule has 1 aromatic carbocycles. The highest BCUT2D eigenvalue weighted by Gasteiger charge is 2.22. The summed E-state index contributed by atoms with van der Waals surface area (Å²) in [5.74, 6) is -1.05. The van der Waals surface area contributed by atoms with Crippen molar-refractivity contribution in [3.05, 3.63) is 58.1 Å². The minimum atomic E-state index is -1.12. The predicted octanol–water partition coefficient (Wildman–Crippen LogP) is 2.27. The van der Waals surface area contributed by atoms with Crippen molar-refractivity contribution >= 4 is 28.7 Å². The van der Waals surface area contributed by atoms with E-state index in [0.717, 1.165) is 6.07 Å². The van der Waals surface area contributed by atoms with Gasteiger partial charge in [-0.3, -0.25) is 9.59 Å². The van der Waals surface area contributed by atoms with Gasteiger partial charge in [0.2, 0.25) is 5.76 Å². The van der Waals surface area contributed by atoms with Crippen LogP contribution in [0.4, 0.5) is 5.82 Å². The second-order valence-corrected chi connectivity index (χ2v) is 5.33. The molecule has 0 radical (unpaired) electrons. The van der Waals surface area contributed by atoms with Crippen molar-refractivity contribution in [1.82, 2.24) is 5.16 Å². The fourth-order valence-corrected chi connectivity index (χ4v) is 2.13. The SMILES string of the molecule is Cc1cc(NC(=O)C(C)OC(=O)c2cc(=O)c3ccccc3o2)no1. The Balaban J connectivity index is 1.73. The maximum atomic E-state index is 12.1. The van der Waals surface area contributed by atoms with Crippen LogP contribution in [0.25, 0.3) is 11.0 Å². The topological polar surface area (TPSA) is 112 Å². The summed E-state index contributed by atoms with van der Waals surface area (Å²) in [5, 5.41) is 6.41. The highest BCUT2D eigenvalue weighted by Crippen LogP contribution is 2.14. The Labute approximate surface area is 141 Å². The Kier molecular flexibility index (Phi) is 4.34. The van der Waals surface area contributed by atoms with Crippen LogP contribution in [-0.4, -0.2) is 23.1 Å². The van der Waals surface area contributed by atoms with E-state index in [-0.39, 0.29) is 22.6 Å². The van der Waals surface area contributed by atoms with Crippen molar-refractivity contribution in [2.45, 2.75) is 20.0 Å². The average molecular weight is 342 g/mol. The summed E-state index contributed by atoms with van der Waals surface area (Å²) in [4.78, 5) is 36.1. The quantitative estimate of drug-likeness (QED) is 0.724. The van der Waals surface area contributed by atoms with Gasteiger partial charge in [-0.1, -0.05) is 17.3 Å². The van der Waals surface area contributed by atoms with Gasteiger partial charge in [0.05, 0.1) is 5.39 Å². The number of para-hydroxylation sites is 1. The fourth-order valence-electron chi connectivity index (χ4n) is 2.13. The summed E-state index contributed by atoms with van der Waals surface area (Å²) >= 11 is 0. The Morgan fingerprint density at radius 1 is 1.24 bits per heavy atom. The van der Waals surface area contributed by atoms with Crippen LogP contribution in [0.5, 0.6) is 0 Å². The standard InChI is InChI=1S/C17H14N2O6/c1-9-7-15(19-25-9)18-16(21)10(2)23-17(22)14-8-12(20)11-5-3-4-6-13(11)24-14/h3-8,10H,1-2H3,(H,18,19,21). The van der Waals surface area contributed by atoms with Gasteiger partial charge in [-0.15, -0.1) is 0 Å². The van der Waals surface area contributed by atoms with Gasteiger partial charge in [0.1, 0.15) is 11.3 Å². The number of amides is 1. The van der Waals surface area contributed by atoms with Crippen LogP contribution >= 0.6 is 0 Å². The van der Waals surface area contributed by atoms with E-state index in [0.29, 0.717) is 11.1 Å². The molecule has 0 aliphatic rings. The Hall–Kier alpha value is -3.42. The molecule has 0 saturated carbocycles. The lowest BCUT2D eigenvalue weighted by Gasteiger charge is -2.11. The van der Waals surface area contributed by atoms with Crippen molar-refractivity contribution in [2.24, 2.45) is 0 Å². The summed E-state index contributed by atoms with van der Waals surface area (Å²) in [6.45, 7) is 3.06. The largest absolute Gasteiger partial charge is 0.449 e. The Bertz CT molecular complexity index is 1000. The van der Waals surface area contributed by atoms with Crippen LogP contribution in [0.3, 0.4) is 0 Å². The third kappa shape index (κ3) is 3.57. The monoisotopic (exact) mass is 342 g/mol. The maximum absolute atomic E-state index is 12.1. The molecule has 8 nitrogen and oxygen atoms in total. The van der Waals surface area contributed by atoms with Gasteiger partial charge in [0, 0.05) is 12.1 Å². The molecule has 1 atom stereocenters. The smallest absolute Gasteiger partial charge is 0.375 e. The first-order valence-corrected chi connectivity index (χ1v) is 7.42. The van der Waals surface area contributed by atoms with E-state index in [2.05, 4.69) is 10.5 Å². The molecule has 25 heavy (non-hydrogen) atoms. The van der Waals surface area contributed by atoms with Crippen LogP contribution < -0.4 is 10.7 Å². The lowest BCUT2D eigenvalue weighted by Crippen LogP contribution is -2.30. The zero-order valence-corrected chi connectivity index (χ0v) is 13.4. The number of ether oxygens (including phenoxy) is 1. The molecular formula is C17H14N2O6. The van der Waals surface area contributed by atoms with Crippen LogP contribution in [0.15, 0.2) is 50.1 Å². The lowest BCUT2D eigenvalue weighted by molar-refractivity contribution is -0.123. The molecule has 1 amide bonds. The van der Waals surface area contributed by atoms with Gasteiger partial charge in [-0.2, -0.15) is 0 Å². The van der Waals surface area contributed by atoms with Crippen LogP contribution in [0.2, 0.25) is 0 Å². The zero-order chi connectivity index (χ0) is 18.0. The Morgan fingerprint density at radius 3 is 2.72 bits per heavy atom. The molecular weight excluding hydrogens is 328 g/mol. The summed E-state index contributed by atoms with van der Waals surface area (Å²) in [7, 11) is 0. The lowest BCUT2D eigenvalue weighted by atomic mass is 10.2. The molecule has 3 aromatic rings. The van der Waals surface area contributed by atoms with Crippen LogP contribution in [0.1, 0.15) is 23.2 Å². The third-order valence-corrected chi connectivity index (χ3v) is 3.37. The molecule has 3 rings (SSSR count). The number of aryl methyl sites for hydroxylation is 1. The second-order valence-electron chi connectivity index (χ2n) is 5.33. The van der Waals surface area contributed by atoms with Crippen LogP contribution in [-0.2, 0) is 9.53 Å². The van der Waals surface area contributed by atoms with Crippen molar-refractivity contribution < 1.29 is 23.3 Å². The highest BCUT2D eigenvalue weighted by molar-refractivity contribution is 5.96. The fraction of sp³-hybridized carbons (Fsp3) is 0.176. The van der Waals surface area contributed by atoms with E-state index in [1.165, 1.54) is 13.0 Å². The average Bonchev–Trinajstić information content (AvgIpc) is 2.99. The number of hydrogen-bond donors (Lipinski definition) is 1. The van der Waals surface area contributed by atoms with Gasteiger partial charge in [-0.25, -0.2) is 4.79 Å². The van der Waals surface area contributed by atoms with Gasteiger partial charge >= 0.3 is 5.97 Å². The molecule has 0 saturated heterocycles. The Morgan fingerprint density at radius 2 is 2.00 bits per heavy atom. The molecule has 0 aliphatic heterocycles. The number of benzene rings is 1. The number of esters is 1. The molecule has 0 bridgehead atoms. The normalized spacial score (nSPS) is 11.9. The van der Waals surface area contributed by atoms with E-state index >= 15 is 0 Å². The molecule has 0 aliphatic carbocycles. The van der Waals surface area contributed by atoms with E-state index in [4.69, 9.17) is 13.7 Å². The minimum Gasteiger partial charge on any atom is -0.449 e. The predicted molar refractivity (Wildman–Crippen MR) is 87.2 cm³/mol. The number of carbonyl (C=O) groups excluding carboxylic acids is 2. The van der Waals surface area contributed by atoms with Gasteiger partial charge in [0.25, 0.3) is 5.91 Å². The van der Waals surface area contributed by atoms with Crippen molar-refractivity contribution in [3.8, 4) is 0 Å². The number of aromatic nitrogens is 1. The molecule has 0 fully saturated rings. The van der Waals surface area contributed by atoms with Gasteiger partial charge in [-0.05, 0) is 26.0 Å². The van der Waals surface area contributed by atoms with Gasteiger partial charge < -0.3 is 19.0 Å². The van der Waals surface area contributed by atoms with Crippen LogP contribution in [0, 0.1) is 6.92 Å². The van der Waals surface area contributed by atoms with E-state index in [1.807, 2.05) is 0 Å². The van der Waals surface area contributed by atoms with E-state index in [9.17, 15) is 14.4 Å². The van der Waals surface area contributed by atoms with Crippen molar-refractivity contribution in [1.29, 1.82) is 0 Å². The number of carbonyl (C=O) groups is 2. The van der Waals surface area contributed by atoms with Gasteiger partial charge in [0.15, 0.2) is 17.4 Å². The highest BCUT2D eigenvalue weighted by atomic mass is 16.6. The number of nitrogens with zero attached hydrogens (tertiary/aromatic N) is 1. The molecule has 2 heterocycles. The molecule has 1 unspecified atom stereocenters. The third-order valence-electron chi connectivity index (χ3n) is 3.37. The molecule has 8 heteroatoms. The summed E-state index contributed by atoms with van der Waals surface area (Å²) in [6.07, 6.45) is -1.12. The molecule has 128 valence electrons. The number of rotatable bonds is 4. The first kappa shape index (κ1) is 16.4.